The van der Waals surface area contributed by atoms with E-state index in [0.717, 1.165) is 22.5 Å². The topological polar surface area (TPSA) is 84.3 Å². The van der Waals surface area contributed by atoms with E-state index in [0.29, 0.717) is 23.6 Å². The fourth-order valence-electron chi connectivity index (χ4n) is 2.85. The number of carbonyl (C=O) groups is 1. The minimum Gasteiger partial charge on any atom is -0.464 e. The van der Waals surface area contributed by atoms with Gasteiger partial charge < -0.3 is 15.2 Å². The molecule has 0 saturated heterocycles. The van der Waals surface area contributed by atoms with Crippen LogP contribution in [0.4, 0.5) is 11.5 Å². The number of aliphatic hydroxyl groups is 1. The molecule has 2 N–H and O–H groups in total. The third kappa shape index (κ3) is 4.88. The highest BCUT2D eigenvalue weighted by Gasteiger charge is 2.18. The fraction of sp³-hybridized carbons (Fsp3) is 0.227. The second kappa shape index (κ2) is 9.45. The first-order chi connectivity index (χ1) is 14.0. The van der Waals surface area contributed by atoms with Crippen molar-refractivity contribution in [1.82, 2.24) is 9.97 Å². The summed E-state index contributed by atoms with van der Waals surface area (Å²) < 4.78 is 4.86. The van der Waals surface area contributed by atoms with Gasteiger partial charge in [0.25, 0.3) is 0 Å². The molecular formula is C22H23N3O3S. The molecule has 0 amide bonds. The Hall–Kier alpha value is -3.03. The number of anilines is 2. The number of ether oxygens (including phenoxy) is 1. The predicted molar refractivity (Wildman–Crippen MR) is 115 cm³/mol. The second-order valence-electron chi connectivity index (χ2n) is 6.37. The minimum atomic E-state index is -1.30. The van der Waals surface area contributed by atoms with Gasteiger partial charge >= 0.3 is 5.97 Å². The Morgan fingerprint density at radius 1 is 1.31 bits per heavy atom. The summed E-state index contributed by atoms with van der Waals surface area (Å²) in [6.45, 7) is 7.71. The molecule has 3 rings (SSSR count). The van der Waals surface area contributed by atoms with E-state index in [1.165, 1.54) is 0 Å². The molecule has 150 valence electrons. The monoisotopic (exact) mass is 409 g/mol. The number of allylic oxidation sites excluding steroid dienone is 1. The average Bonchev–Trinajstić information content (AvgIpc) is 3.25. The molecule has 0 radical (unpaired) electrons. The van der Waals surface area contributed by atoms with Crippen LogP contribution in [0.5, 0.6) is 0 Å². The highest BCUT2D eigenvalue weighted by molar-refractivity contribution is 7.08. The van der Waals surface area contributed by atoms with Gasteiger partial charge in [-0.2, -0.15) is 11.3 Å². The normalized spacial score (nSPS) is 11.7. The van der Waals surface area contributed by atoms with Crippen molar-refractivity contribution in [3.05, 3.63) is 70.6 Å². The van der Waals surface area contributed by atoms with Crippen LogP contribution in [0.2, 0.25) is 0 Å². The van der Waals surface area contributed by atoms with Crippen LogP contribution < -0.4 is 5.32 Å². The zero-order valence-corrected chi connectivity index (χ0v) is 17.2. The summed E-state index contributed by atoms with van der Waals surface area (Å²) in [5.74, 6) is 0.707. The lowest BCUT2D eigenvalue weighted by Crippen LogP contribution is -2.15. The summed E-state index contributed by atoms with van der Waals surface area (Å²) in [6.07, 6.45) is 1.16. The third-order valence-corrected chi connectivity index (χ3v) is 5.02. The Kier molecular flexibility index (Phi) is 6.74. The van der Waals surface area contributed by atoms with Crippen LogP contribution in [0.1, 0.15) is 29.8 Å². The number of hydrogen-bond donors (Lipinski definition) is 2. The Morgan fingerprint density at radius 2 is 2.07 bits per heavy atom. The zero-order valence-electron chi connectivity index (χ0n) is 16.4. The van der Waals surface area contributed by atoms with E-state index in [1.54, 1.807) is 42.5 Å². The molecule has 0 aliphatic carbocycles. The van der Waals surface area contributed by atoms with E-state index >= 15 is 0 Å². The van der Waals surface area contributed by atoms with E-state index in [1.807, 2.05) is 29.8 Å². The first-order valence-corrected chi connectivity index (χ1v) is 10.2. The minimum absolute atomic E-state index is 0.223. The zero-order chi connectivity index (χ0) is 20.8. The Balaban J connectivity index is 1.88. The summed E-state index contributed by atoms with van der Waals surface area (Å²) in [5, 5.41) is 17.4. The van der Waals surface area contributed by atoms with E-state index in [2.05, 4.69) is 16.9 Å². The number of carbonyl (C=O) groups excluding carboxylic acids is 1. The maximum atomic E-state index is 11.7. The van der Waals surface area contributed by atoms with Gasteiger partial charge in [0, 0.05) is 27.9 Å². The number of thiophene rings is 1. The number of rotatable bonds is 8. The second-order valence-corrected chi connectivity index (χ2v) is 7.15. The molecule has 2 heterocycles. The molecule has 0 fully saturated rings. The summed E-state index contributed by atoms with van der Waals surface area (Å²) in [4.78, 5) is 21.1. The molecule has 1 unspecified atom stereocenters. The van der Waals surface area contributed by atoms with Crippen LogP contribution in [0.15, 0.2) is 53.7 Å². The SMILES string of the molecule is C=CCc1c(C)nc(-c2ccsc2)nc1Nc1ccc(C(O)C(=O)OCC)cc1. The molecular weight excluding hydrogens is 386 g/mol. The van der Waals surface area contributed by atoms with Crippen molar-refractivity contribution in [2.24, 2.45) is 0 Å². The standard InChI is InChI=1S/C22H23N3O3S/c1-4-6-18-14(3)23-20(16-11-12-29-13-16)25-21(18)24-17-9-7-15(8-10-17)19(26)22(27)28-5-2/h4,7-13,19,26H,1,5-6H2,2-3H3,(H,23,24,25). The summed E-state index contributed by atoms with van der Waals surface area (Å²) in [7, 11) is 0. The average molecular weight is 410 g/mol. The highest BCUT2D eigenvalue weighted by atomic mass is 32.1. The van der Waals surface area contributed by atoms with E-state index in [-0.39, 0.29) is 6.61 Å². The van der Waals surface area contributed by atoms with E-state index in [9.17, 15) is 9.90 Å². The van der Waals surface area contributed by atoms with Crippen LogP contribution in [-0.2, 0) is 16.0 Å². The molecule has 6 nitrogen and oxygen atoms in total. The van der Waals surface area contributed by atoms with Gasteiger partial charge in [-0.3, -0.25) is 0 Å². The molecule has 2 aromatic heterocycles. The molecule has 1 aromatic carbocycles. The van der Waals surface area contributed by atoms with Gasteiger partial charge in [0.2, 0.25) is 0 Å². The van der Waals surface area contributed by atoms with E-state index < -0.39 is 12.1 Å². The van der Waals surface area contributed by atoms with Gasteiger partial charge in [-0.1, -0.05) is 18.2 Å². The lowest BCUT2D eigenvalue weighted by atomic mass is 10.1. The highest BCUT2D eigenvalue weighted by Crippen LogP contribution is 2.27. The van der Waals surface area contributed by atoms with Crippen LogP contribution in [0, 0.1) is 6.92 Å². The number of nitrogens with zero attached hydrogens (tertiary/aromatic N) is 2. The molecule has 0 saturated carbocycles. The van der Waals surface area contributed by atoms with Gasteiger partial charge in [0.15, 0.2) is 11.9 Å². The van der Waals surface area contributed by atoms with E-state index in [4.69, 9.17) is 9.72 Å². The van der Waals surface area contributed by atoms with Crippen LogP contribution in [0.3, 0.4) is 0 Å². The molecule has 1 atom stereocenters. The van der Waals surface area contributed by atoms with Gasteiger partial charge in [0.1, 0.15) is 5.82 Å². The van der Waals surface area contributed by atoms with Crippen LogP contribution in [0.25, 0.3) is 11.4 Å². The van der Waals surface area contributed by atoms with Crippen molar-refractivity contribution in [2.45, 2.75) is 26.4 Å². The number of aryl methyl sites for hydroxylation is 1. The maximum Gasteiger partial charge on any atom is 0.339 e. The molecule has 0 spiro atoms. The Bertz CT molecular complexity index is 985. The van der Waals surface area contributed by atoms with Gasteiger partial charge in [-0.25, -0.2) is 14.8 Å². The van der Waals surface area contributed by atoms with Gasteiger partial charge in [-0.15, -0.1) is 6.58 Å². The first kappa shape index (κ1) is 20.7. The lowest BCUT2D eigenvalue weighted by Gasteiger charge is -2.15. The molecule has 0 aliphatic heterocycles. The number of nitrogens with one attached hydrogen (secondary N) is 1. The van der Waals surface area contributed by atoms with Gasteiger partial charge in [0.05, 0.1) is 6.61 Å². The Labute approximate surface area is 173 Å². The van der Waals surface area contributed by atoms with Crippen molar-refractivity contribution in [3.8, 4) is 11.4 Å². The van der Waals surface area contributed by atoms with Crippen LogP contribution in [-0.4, -0.2) is 27.7 Å². The fourth-order valence-corrected chi connectivity index (χ4v) is 3.49. The molecule has 0 bridgehead atoms. The quantitative estimate of drug-likeness (QED) is 0.418. The largest absolute Gasteiger partial charge is 0.464 e. The van der Waals surface area contributed by atoms with Crippen molar-refractivity contribution in [2.75, 3.05) is 11.9 Å². The molecule has 7 heteroatoms. The van der Waals surface area contributed by atoms with Gasteiger partial charge in [-0.05, 0) is 49.4 Å². The number of aliphatic hydroxyl groups excluding tert-OH is 1. The number of hydrogen-bond acceptors (Lipinski definition) is 7. The predicted octanol–water partition coefficient (Wildman–Crippen LogP) is 4.58. The molecule has 3 aromatic rings. The van der Waals surface area contributed by atoms with Crippen LogP contribution >= 0.6 is 11.3 Å². The third-order valence-electron chi connectivity index (χ3n) is 4.34. The molecule has 29 heavy (non-hydrogen) atoms. The van der Waals surface area contributed by atoms with Crippen molar-refractivity contribution < 1.29 is 14.6 Å². The Morgan fingerprint density at radius 3 is 2.69 bits per heavy atom. The first-order valence-electron chi connectivity index (χ1n) is 9.26. The summed E-state index contributed by atoms with van der Waals surface area (Å²) >= 11 is 1.60. The number of aromatic nitrogens is 2. The summed E-state index contributed by atoms with van der Waals surface area (Å²) in [6, 6.07) is 8.94. The van der Waals surface area contributed by atoms with Crippen molar-refractivity contribution in [3.63, 3.8) is 0 Å². The maximum absolute atomic E-state index is 11.7. The number of benzene rings is 1. The molecule has 0 aliphatic rings. The van der Waals surface area contributed by atoms with Crippen molar-refractivity contribution in [1.29, 1.82) is 0 Å². The van der Waals surface area contributed by atoms with Crippen molar-refractivity contribution >= 4 is 28.8 Å². The number of esters is 1. The lowest BCUT2D eigenvalue weighted by molar-refractivity contribution is -0.153. The smallest absolute Gasteiger partial charge is 0.339 e. The summed E-state index contributed by atoms with van der Waals surface area (Å²) in [5.41, 5.74) is 4.08.